The Labute approximate surface area is 220 Å². The van der Waals surface area contributed by atoms with E-state index in [9.17, 15) is 34.5 Å². The number of nitrogens with zero attached hydrogens (tertiary/aromatic N) is 1. The van der Waals surface area contributed by atoms with Gasteiger partial charge in [-0.05, 0) is 56.8 Å². The van der Waals surface area contributed by atoms with Gasteiger partial charge < -0.3 is 58.7 Å². The highest BCUT2D eigenvalue weighted by atomic mass is 16.4. The fourth-order valence-electron chi connectivity index (χ4n) is 4.97. The van der Waals surface area contributed by atoms with Gasteiger partial charge >= 0.3 is 0 Å². The van der Waals surface area contributed by atoms with Crippen molar-refractivity contribution in [3.8, 4) is 0 Å². The number of imidazole rings is 1. The highest BCUT2D eigenvalue weighted by Gasteiger charge is 2.42. The number of H-pyrrole nitrogens is 1. The Morgan fingerprint density at radius 1 is 1.13 bits per heavy atom. The number of hydrogen-bond donors (Lipinski definition) is 9. The van der Waals surface area contributed by atoms with Crippen LogP contribution in [0.25, 0.3) is 0 Å². The molecule has 0 saturated heterocycles. The fourth-order valence-corrected chi connectivity index (χ4v) is 4.97. The number of aromatic amines is 1. The van der Waals surface area contributed by atoms with Crippen molar-refractivity contribution >= 4 is 23.7 Å². The van der Waals surface area contributed by atoms with Crippen LogP contribution in [0.3, 0.4) is 0 Å². The maximum absolute atomic E-state index is 13.4. The second-order valence-corrected chi connectivity index (χ2v) is 10.0. The molecule has 1 aromatic heterocycles. The van der Waals surface area contributed by atoms with E-state index in [1.165, 1.54) is 6.33 Å². The number of aliphatic hydroxyl groups is 2. The van der Waals surface area contributed by atoms with Crippen molar-refractivity contribution in [3.63, 3.8) is 0 Å². The summed E-state index contributed by atoms with van der Waals surface area (Å²) in [5, 5.41) is 35.6. The third kappa shape index (κ3) is 9.98. The minimum Gasteiger partial charge on any atom is -0.550 e. The lowest BCUT2D eigenvalue weighted by Gasteiger charge is -2.42. The van der Waals surface area contributed by atoms with E-state index in [0.717, 1.165) is 5.69 Å². The van der Waals surface area contributed by atoms with Gasteiger partial charge in [0, 0.05) is 36.2 Å². The van der Waals surface area contributed by atoms with Crippen molar-refractivity contribution in [1.29, 1.82) is 0 Å². The summed E-state index contributed by atoms with van der Waals surface area (Å²) in [5.74, 6) is -4.48. The molecule has 0 bridgehead atoms. The molecule has 1 aromatic rings. The number of aromatic nitrogens is 2. The van der Waals surface area contributed by atoms with Crippen molar-refractivity contribution in [2.75, 3.05) is 0 Å². The smallest absolute Gasteiger partial charge is 0.278 e. The minimum atomic E-state index is -1.37. The molecule has 1 saturated carbocycles. The van der Waals surface area contributed by atoms with Gasteiger partial charge in [0.1, 0.15) is 18.5 Å². The summed E-state index contributed by atoms with van der Waals surface area (Å²) in [6.45, 7) is 0. The number of aliphatic hydroxyl groups excluding tert-OH is 2. The molecular weight excluding hydrogens is 500 g/mol. The summed E-state index contributed by atoms with van der Waals surface area (Å²) in [5.41, 5.74) is 21.0. The third-order valence-corrected chi connectivity index (χ3v) is 6.98. The zero-order valence-corrected chi connectivity index (χ0v) is 21.3. The molecule has 0 radical (unpaired) electrons. The molecule has 14 N–H and O–H groups in total. The van der Waals surface area contributed by atoms with E-state index >= 15 is 0 Å². The molecule has 3 amide bonds. The van der Waals surface area contributed by atoms with Crippen LogP contribution in [0, 0.1) is 17.8 Å². The van der Waals surface area contributed by atoms with E-state index in [-0.39, 0.29) is 43.9 Å². The number of hydrogen-bond acceptors (Lipinski definition) is 10. The van der Waals surface area contributed by atoms with Crippen LogP contribution in [0.15, 0.2) is 12.5 Å². The molecule has 15 nitrogen and oxygen atoms in total. The van der Waals surface area contributed by atoms with Crippen LogP contribution in [0.4, 0.5) is 0 Å². The summed E-state index contributed by atoms with van der Waals surface area (Å²) >= 11 is 0. The number of aliphatic carboxylic acids is 1. The first-order valence-corrected chi connectivity index (χ1v) is 12.6. The van der Waals surface area contributed by atoms with Crippen molar-refractivity contribution in [1.82, 2.24) is 20.6 Å². The molecule has 0 spiro atoms. The second kappa shape index (κ2) is 14.7. The molecule has 8 atom stereocenters. The molecule has 1 heterocycles. The summed E-state index contributed by atoms with van der Waals surface area (Å²) < 4.78 is 0. The van der Waals surface area contributed by atoms with Crippen molar-refractivity contribution in [3.05, 3.63) is 18.2 Å². The Bertz CT molecular complexity index is 927. The zero-order valence-electron chi connectivity index (χ0n) is 21.3. The second-order valence-electron chi connectivity index (χ2n) is 10.0. The standard InChI is InChI=1S/C23H40N8O7/c24-15(1-3-18(25)32)23(38)31-17-7-11(5-13-9-28-10-29-13)14(6-12(17)8-19(26)33)22(37)30-16(21(27)36)2-4-20(34)35/h9-12,14-19,32-33H,1-8,24-26H2,(H2,27,36)(H,28,29)(H,30,37)(H,31,38)(H,34,35)/t11-,12?,14-,15?,16?,17?,18?,19?/m0/s1. The molecule has 1 fully saturated rings. The normalized spacial score (nSPS) is 24.6. The van der Waals surface area contributed by atoms with Gasteiger partial charge in [-0.25, -0.2) is 4.98 Å². The van der Waals surface area contributed by atoms with Crippen molar-refractivity contribution in [2.24, 2.45) is 35.0 Å². The van der Waals surface area contributed by atoms with Gasteiger partial charge in [0.15, 0.2) is 6.04 Å². The monoisotopic (exact) mass is 540 g/mol. The summed E-state index contributed by atoms with van der Waals surface area (Å²) in [6, 6.07) is -2.33. The number of rotatable bonds is 15. The SMILES string of the molecule is NC(=O)C(CCC(=O)[O-])NC(=O)[C@H]1CC(CC(N)O)C(NC(=O)C([NH3+])CCC(N)O)C[C@@H]1Cc1cnc[nH]1. The summed E-state index contributed by atoms with van der Waals surface area (Å²) in [6.07, 6.45) is 1.71. The van der Waals surface area contributed by atoms with Gasteiger partial charge in [-0.15, -0.1) is 0 Å². The number of carboxylic acid groups (broad SMARTS) is 1. The molecule has 15 heteroatoms. The Balaban J connectivity index is 2.25. The van der Waals surface area contributed by atoms with Crippen LogP contribution in [-0.4, -0.2) is 74.5 Å². The number of nitrogens with one attached hydrogen (secondary N) is 3. The molecule has 1 aliphatic rings. The molecule has 38 heavy (non-hydrogen) atoms. The third-order valence-electron chi connectivity index (χ3n) is 6.98. The van der Waals surface area contributed by atoms with Gasteiger partial charge in [0.25, 0.3) is 5.91 Å². The van der Waals surface area contributed by atoms with Gasteiger partial charge in [0.05, 0.1) is 6.33 Å². The first-order valence-electron chi connectivity index (χ1n) is 12.6. The summed E-state index contributed by atoms with van der Waals surface area (Å²) in [7, 11) is 0. The van der Waals surface area contributed by atoms with E-state index in [2.05, 4.69) is 26.3 Å². The number of carbonyl (C=O) groups is 4. The van der Waals surface area contributed by atoms with Crippen LogP contribution >= 0.6 is 0 Å². The van der Waals surface area contributed by atoms with Crippen LogP contribution in [-0.2, 0) is 25.6 Å². The van der Waals surface area contributed by atoms with Gasteiger partial charge in [-0.1, -0.05) is 0 Å². The maximum Gasteiger partial charge on any atom is 0.278 e. The highest BCUT2D eigenvalue weighted by Crippen LogP contribution is 2.38. The molecular formula is C23H40N8O7. The zero-order chi connectivity index (χ0) is 28.4. The topological polar surface area (TPSA) is 290 Å². The Kier molecular flexibility index (Phi) is 12.1. The van der Waals surface area contributed by atoms with Gasteiger partial charge in [0.2, 0.25) is 11.8 Å². The average molecular weight is 541 g/mol. The molecule has 0 aromatic carbocycles. The van der Waals surface area contributed by atoms with E-state index < -0.39 is 66.6 Å². The minimum absolute atomic E-state index is 0.0960. The largest absolute Gasteiger partial charge is 0.550 e. The maximum atomic E-state index is 13.4. The van der Waals surface area contributed by atoms with E-state index in [0.29, 0.717) is 12.8 Å². The predicted molar refractivity (Wildman–Crippen MR) is 130 cm³/mol. The van der Waals surface area contributed by atoms with Crippen molar-refractivity contribution < 1.29 is 40.2 Å². The lowest BCUT2D eigenvalue weighted by Crippen LogP contribution is -2.69. The summed E-state index contributed by atoms with van der Waals surface area (Å²) in [4.78, 5) is 56.0. The number of amides is 3. The fraction of sp³-hybridized carbons (Fsp3) is 0.696. The Morgan fingerprint density at radius 2 is 1.84 bits per heavy atom. The number of nitrogens with two attached hydrogens (primary N) is 3. The van der Waals surface area contributed by atoms with E-state index in [4.69, 9.17) is 17.2 Å². The van der Waals surface area contributed by atoms with E-state index in [1.807, 2.05) is 0 Å². The first kappa shape index (κ1) is 31.1. The van der Waals surface area contributed by atoms with Crippen molar-refractivity contribution in [2.45, 2.75) is 81.9 Å². The molecule has 6 unspecified atom stereocenters. The molecule has 1 aliphatic carbocycles. The quantitative estimate of drug-likeness (QED) is 0.0953. The van der Waals surface area contributed by atoms with Gasteiger partial charge in [-0.3, -0.25) is 14.4 Å². The first-order chi connectivity index (χ1) is 17.9. The highest BCUT2D eigenvalue weighted by molar-refractivity contribution is 5.88. The van der Waals surface area contributed by atoms with Crippen LogP contribution in [0.5, 0.6) is 0 Å². The van der Waals surface area contributed by atoms with Crippen LogP contribution < -0.4 is 38.7 Å². The van der Waals surface area contributed by atoms with Gasteiger partial charge in [-0.2, -0.15) is 0 Å². The lowest BCUT2D eigenvalue weighted by atomic mass is 9.68. The number of primary amides is 1. The Morgan fingerprint density at radius 3 is 2.39 bits per heavy atom. The van der Waals surface area contributed by atoms with E-state index in [1.54, 1.807) is 6.20 Å². The number of carboxylic acids is 1. The van der Waals surface area contributed by atoms with Crippen LogP contribution in [0.2, 0.25) is 0 Å². The number of quaternary nitrogens is 1. The number of carbonyl (C=O) groups excluding carboxylic acids is 4. The predicted octanol–water partition coefficient (Wildman–Crippen LogP) is -5.09. The molecule has 0 aliphatic heterocycles. The molecule has 214 valence electrons. The Hall–Kier alpha value is -3.11. The lowest BCUT2D eigenvalue weighted by molar-refractivity contribution is -0.405. The van der Waals surface area contributed by atoms with Crippen LogP contribution in [0.1, 0.15) is 50.6 Å². The average Bonchev–Trinajstić information content (AvgIpc) is 3.33. The molecule has 2 rings (SSSR count).